The third kappa shape index (κ3) is 3.58. The summed E-state index contributed by atoms with van der Waals surface area (Å²) in [5, 5.41) is 15.9. The van der Waals surface area contributed by atoms with Crippen molar-refractivity contribution >= 4 is 22.5 Å². The molecular formula is C22H24ClN3O2. The van der Waals surface area contributed by atoms with E-state index in [1.54, 1.807) is 6.20 Å². The highest BCUT2D eigenvalue weighted by Gasteiger charge is 2.42. The standard InChI is InChI=1S/C22H24ClN3O2/c1-13-9-19(23)26-17-10-16-18(11-15(13)17)28-22(2,3)21(27)20(16)25-8-6-14-5-4-7-24-12-14/h4-5,7,9-12,20-21,25,27H,6,8H2,1-3H3. The molecule has 2 N–H and O–H groups in total. The quantitative estimate of drug-likeness (QED) is 0.651. The molecule has 1 aliphatic rings. The number of nitrogens with zero attached hydrogens (tertiary/aromatic N) is 2. The first kappa shape index (κ1) is 19.1. The molecule has 0 spiro atoms. The van der Waals surface area contributed by atoms with Crippen LogP contribution in [0.5, 0.6) is 5.75 Å². The van der Waals surface area contributed by atoms with Crippen molar-refractivity contribution in [1.29, 1.82) is 0 Å². The molecule has 0 saturated carbocycles. The molecule has 1 aliphatic heterocycles. The number of aryl methyl sites for hydroxylation is 1. The van der Waals surface area contributed by atoms with Gasteiger partial charge in [-0.15, -0.1) is 0 Å². The molecular weight excluding hydrogens is 374 g/mol. The van der Waals surface area contributed by atoms with Gasteiger partial charge in [0.1, 0.15) is 22.6 Å². The molecule has 6 heteroatoms. The van der Waals surface area contributed by atoms with Crippen molar-refractivity contribution in [2.24, 2.45) is 0 Å². The number of benzene rings is 1. The zero-order valence-corrected chi connectivity index (χ0v) is 17.0. The molecule has 5 nitrogen and oxygen atoms in total. The van der Waals surface area contributed by atoms with Crippen LogP contribution in [0.3, 0.4) is 0 Å². The summed E-state index contributed by atoms with van der Waals surface area (Å²) in [5.41, 5.74) is 3.20. The minimum Gasteiger partial charge on any atom is -0.485 e. The molecule has 4 rings (SSSR count). The minimum atomic E-state index is -0.708. The van der Waals surface area contributed by atoms with E-state index in [1.165, 1.54) is 0 Å². The normalized spacial score (nSPS) is 20.6. The predicted octanol–water partition coefficient (Wildman–Crippen LogP) is 4.00. The van der Waals surface area contributed by atoms with Gasteiger partial charge in [-0.3, -0.25) is 4.98 Å². The highest BCUT2D eigenvalue weighted by atomic mass is 35.5. The molecule has 2 aromatic heterocycles. The van der Waals surface area contributed by atoms with Crippen molar-refractivity contribution in [3.63, 3.8) is 0 Å². The first-order valence-electron chi connectivity index (χ1n) is 9.45. The fourth-order valence-corrected chi connectivity index (χ4v) is 4.04. The highest BCUT2D eigenvalue weighted by Crippen LogP contribution is 2.42. The smallest absolute Gasteiger partial charge is 0.131 e. The number of halogens is 1. The van der Waals surface area contributed by atoms with Crippen LogP contribution in [-0.2, 0) is 6.42 Å². The van der Waals surface area contributed by atoms with Gasteiger partial charge in [0.05, 0.1) is 11.6 Å². The van der Waals surface area contributed by atoms with Gasteiger partial charge in [0.25, 0.3) is 0 Å². The molecule has 0 aliphatic carbocycles. The van der Waals surface area contributed by atoms with Gasteiger partial charge in [-0.25, -0.2) is 4.98 Å². The topological polar surface area (TPSA) is 67.3 Å². The lowest BCUT2D eigenvalue weighted by Gasteiger charge is -2.42. The fraction of sp³-hybridized carbons (Fsp3) is 0.364. The summed E-state index contributed by atoms with van der Waals surface area (Å²) in [4.78, 5) is 8.62. The Bertz CT molecular complexity index is 1010. The Morgan fingerprint density at radius 1 is 1.29 bits per heavy atom. The van der Waals surface area contributed by atoms with Crippen molar-refractivity contribution in [3.05, 3.63) is 64.6 Å². The van der Waals surface area contributed by atoms with Crippen LogP contribution >= 0.6 is 11.6 Å². The third-order valence-corrected chi connectivity index (χ3v) is 5.55. The Morgan fingerprint density at radius 2 is 2.11 bits per heavy atom. The van der Waals surface area contributed by atoms with E-state index in [0.29, 0.717) is 11.7 Å². The lowest BCUT2D eigenvalue weighted by molar-refractivity contribution is -0.0642. The second-order valence-corrected chi connectivity index (χ2v) is 8.25. The Morgan fingerprint density at radius 3 is 2.86 bits per heavy atom. The minimum absolute atomic E-state index is 0.263. The van der Waals surface area contributed by atoms with Crippen LogP contribution in [0.15, 0.2) is 42.7 Å². The first-order chi connectivity index (χ1) is 13.3. The van der Waals surface area contributed by atoms with E-state index in [0.717, 1.165) is 39.8 Å². The summed E-state index contributed by atoms with van der Waals surface area (Å²) in [5.74, 6) is 0.772. The van der Waals surface area contributed by atoms with Gasteiger partial charge in [0.2, 0.25) is 0 Å². The fourth-order valence-electron chi connectivity index (χ4n) is 3.78. The Kier molecular flexibility index (Phi) is 5.00. The van der Waals surface area contributed by atoms with Crippen LogP contribution in [-0.4, -0.2) is 33.3 Å². The number of aliphatic hydroxyl groups excluding tert-OH is 1. The molecule has 1 aromatic carbocycles. The SMILES string of the molecule is Cc1cc(Cl)nc2cc3c(cc12)OC(C)(C)C(O)C3NCCc1cccnc1. The number of hydrogen-bond acceptors (Lipinski definition) is 5. The summed E-state index contributed by atoms with van der Waals surface area (Å²) in [6.45, 7) is 6.54. The van der Waals surface area contributed by atoms with E-state index in [4.69, 9.17) is 16.3 Å². The zero-order chi connectivity index (χ0) is 19.9. The predicted molar refractivity (Wildman–Crippen MR) is 111 cm³/mol. The average Bonchev–Trinajstić information content (AvgIpc) is 2.65. The second-order valence-electron chi connectivity index (χ2n) is 7.86. The second kappa shape index (κ2) is 7.32. The number of pyridine rings is 2. The maximum atomic E-state index is 11.0. The van der Waals surface area contributed by atoms with Gasteiger partial charge in [-0.05, 0) is 69.1 Å². The van der Waals surface area contributed by atoms with Crippen molar-refractivity contribution in [1.82, 2.24) is 15.3 Å². The average molecular weight is 398 g/mol. The maximum absolute atomic E-state index is 11.0. The van der Waals surface area contributed by atoms with Crippen LogP contribution in [0.4, 0.5) is 0 Å². The van der Waals surface area contributed by atoms with Crippen LogP contribution in [0.2, 0.25) is 5.15 Å². The van der Waals surface area contributed by atoms with Gasteiger partial charge >= 0.3 is 0 Å². The summed E-state index contributed by atoms with van der Waals surface area (Å²) in [6, 6.07) is 9.55. The third-order valence-electron chi connectivity index (χ3n) is 5.35. The lowest BCUT2D eigenvalue weighted by atomic mass is 9.85. The van der Waals surface area contributed by atoms with E-state index in [1.807, 2.05) is 51.2 Å². The monoisotopic (exact) mass is 397 g/mol. The molecule has 0 amide bonds. The van der Waals surface area contributed by atoms with E-state index >= 15 is 0 Å². The number of fused-ring (bicyclic) bond motifs is 2. The van der Waals surface area contributed by atoms with Gasteiger partial charge in [-0.2, -0.15) is 0 Å². The van der Waals surface area contributed by atoms with E-state index < -0.39 is 11.7 Å². The number of hydrogen-bond donors (Lipinski definition) is 2. The number of ether oxygens (including phenoxy) is 1. The summed E-state index contributed by atoms with van der Waals surface area (Å²) in [6.07, 6.45) is 3.75. The molecule has 3 aromatic rings. The number of aliphatic hydroxyl groups is 1. The maximum Gasteiger partial charge on any atom is 0.131 e. The molecule has 2 atom stereocenters. The largest absolute Gasteiger partial charge is 0.485 e. The lowest BCUT2D eigenvalue weighted by Crippen LogP contribution is -2.52. The number of nitrogens with one attached hydrogen (secondary N) is 1. The number of rotatable bonds is 4. The van der Waals surface area contributed by atoms with Crippen molar-refractivity contribution in [2.45, 2.75) is 44.9 Å². The van der Waals surface area contributed by atoms with Crippen LogP contribution in [0.25, 0.3) is 10.9 Å². The molecule has 0 fully saturated rings. The molecule has 0 bridgehead atoms. The van der Waals surface area contributed by atoms with Gasteiger partial charge in [0, 0.05) is 23.3 Å². The Balaban J connectivity index is 1.68. The van der Waals surface area contributed by atoms with Crippen molar-refractivity contribution < 1.29 is 9.84 Å². The van der Waals surface area contributed by atoms with Crippen LogP contribution in [0, 0.1) is 6.92 Å². The van der Waals surface area contributed by atoms with Crippen LogP contribution < -0.4 is 10.1 Å². The summed E-state index contributed by atoms with van der Waals surface area (Å²) >= 11 is 6.16. The van der Waals surface area contributed by atoms with Gasteiger partial charge in [-0.1, -0.05) is 17.7 Å². The molecule has 146 valence electrons. The molecule has 0 radical (unpaired) electrons. The number of aromatic nitrogens is 2. The van der Waals surface area contributed by atoms with Crippen LogP contribution in [0.1, 0.15) is 36.6 Å². The molecule has 28 heavy (non-hydrogen) atoms. The summed E-state index contributed by atoms with van der Waals surface area (Å²) < 4.78 is 6.16. The highest BCUT2D eigenvalue weighted by molar-refractivity contribution is 6.29. The van der Waals surface area contributed by atoms with Gasteiger partial charge in [0.15, 0.2) is 0 Å². The Hall–Kier alpha value is -2.21. The van der Waals surface area contributed by atoms with E-state index in [9.17, 15) is 5.11 Å². The molecule has 2 unspecified atom stereocenters. The molecule has 3 heterocycles. The first-order valence-corrected chi connectivity index (χ1v) is 9.83. The van der Waals surface area contributed by atoms with Gasteiger partial charge < -0.3 is 15.2 Å². The zero-order valence-electron chi connectivity index (χ0n) is 16.2. The summed E-state index contributed by atoms with van der Waals surface area (Å²) in [7, 11) is 0. The van der Waals surface area contributed by atoms with E-state index in [-0.39, 0.29) is 6.04 Å². The van der Waals surface area contributed by atoms with E-state index in [2.05, 4.69) is 21.4 Å². The Labute approximate surface area is 169 Å². The van der Waals surface area contributed by atoms with Crippen molar-refractivity contribution in [3.8, 4) is 5.75 Å². The molecule has 0 saturated heterocycles. The van der Waals surface area contributed by atoms with Crippen molar-refractivity contribution in [2.75, 3.05) is 6.54 Å².